The van der Waals surface area contributed by atoms with E-state index in [2.05, 4.69) is 41.7 Å². The minimum atomic E-state index is -0.603. The lowest BCUT2D eigenvalue weighted by Gasteiger charge is -2.20. The molecule has 1 fully saturated rings. The second-order valence-corrected chi connectivity index (χ2v) is 5.56. The molecule has 2 aliphatic carbocycles. The fourth-order valence-electron chi connectivity index (χ4n) is 3.38. The van der Waals surface area contributed by atoms with Crippen molar-refractivity contribution in [2.45, 2.75) is 25.2 Å². The van der Waals surface area contributed by atoms with Gasteiger partial charge in [0.2, 0.25) is 0 Å². The molecule has 0 saturated carbocycles. The Bertz CT molecular complexity index is 647. The maximum Gasteiger partial charge on any atom is 0.323 e. The molecule has 4 rings (SSSR count). The summed E-state index contributed by atoms with van der Waals surface area (Å²) in [5.74, 6) is 0.00887. The minimum absolute atomic E-state index is 0.225. The lowest BCUT2D eigenvalue weighted by atomic mass is 9.91. The van der Waals surface area contributed by atoms with E-state index in [-0.39, 0.29) is 18.4 Å². The van der Waals surface area contributed by atoms with Gasteiger partial charge in [0.05, 0.1) is 13.2 Å². The molecular weight excluding hydrogens is 266 g/mol. The highest BCUT2D eigenvalue weighted by molar-refractivity contribution is 5.85. The van der Waals surface area contributed by atoms with Crippen molar-refractivity contribution in [3.8, 4) is 0 Å². The van der Waals surface area contributed by atoms with E-state index in [1.54, 1.807) is 0 Å². The van der Waals surface area contributed by atoms with Crippen LogP contribution in [0.3, 0.4) is 0 Å². The van der Waals surface area contributed by atoms with E-state index >= 15 is 0 Å². The summed E-state index contributed by atoms with van der Waals surface area (Å²) in [4.78, 5) is 11.1. The summed E-state index contributed by atoms with van der Waals surface area (Å²) in [7, 11) is 0. The molecule has 0 bridgehead atoms. The van der Waals surface area contributed by atoms with Gasteiger partial charge >= 0.3 is 5.97 Å². The zero-order valence-electron chi connectivity index (χ0n) is 11.7. The standard InChI is InChI=1S/C17H17NO3/c19-16-9-18-17(21-16)20-10-15-13-7-3-1-5-11(13)12-6-2-4-8-14(12)15/h1-3,5-7,15,17-18H,4,8-10H2. The molecule has 21 heavy (non-hydrogen) atoms. The summed E-state index contributed by atoms with van der Waals surface area (Å²) in [6, 6.07) is 8.50. The minimum Gasteiger partial charge on any atom is -0.421 e. The third-order valence-electron chi connectivity index (χ3n) is 4.32. The molecule has 1 aromatic rings. The number of carbonyl (C=O) groups is 1. The number of cyclic esters (lactones) is 1. The van der Waals surface area contributed by atoms with Gasteiger partial charge < -0.3 is 9.47 Å². The number of hydrogen-bond donors (Lipinski definition) is 1. The molecule has 3 aliphatic rings. The summed E-state index contributed by atoms with van der Waals surface area (Å²) in [5.41, 5.74) is 5.43. The Labute approximate surface area is 123 Å². The molecule has 0 spiro atoms. The predicted molar refractivity (Wildman–Crippen MR) is 78.3 cm³/mol. The van der Waals surface area contributed by atoms with E-state index < -0.39 is 6.41 Å². The first kappa shape index (κ1) is 12.8. The second-order valence-electron chi connectivity index (χ2n) is 5.56. The van der Waals surface area contributed by atoms with Crippen LogP contribution in [0, 0.1) is 0 Å². The SMILES string of the molecule is O=C1CNC(OCC2C3=C(C=CCC3)c3ccccc32)O1. The van der Waals surface area contributed by atoms with E-state index in [4.69, 9.17) is 9.47 Å². The van der Waals surface area contributed by atoms with E-state index in [9.17, 15) is 4.79 Å². The van der Waals surface area contributed by atoms with Crippen molar-refractivity contribution >= 4 is 11.5 Å². The van der Waals surface area contributed by atoms with Gasteiger partial charge in [-0.05, 0) is 29.5 Å². The van der Waals surface area contributed by atoms with Gasteiger partial charge in [-0.1, -0.05) is 42.0 Å². The van der Waals surface area contributed by atoms with Crippen molar-refractivity contribution in [3.05, 3.63) is 53.1 Å². The molecule has 0 radical (unpaired) electrons. The van der Waals surface area contributed by atoms with Crippen LogP contribution < -0.4 is 5.32 Å². The topological polar surface area (TPSA) is 47.6 Å². The molecule has 4 nitrogen and oxygen atoms in total. The van der Waals surface area contributed by atoms with Crippen LogP contribution in [0.5, 0.6) is 0 Å². The molecule has 1 heterocycles. The number of hydrogen-bond acceptors (Lipinski definition) is 4. The van der Waals surface area contributed by atoms with Crippen molar-refractivity contribution in [2.24, 2.45) is 0 Å². The van der Waals surface area contributed by atoms with Crippen molar-refractivity contribution in [1.29, 1.82) is 0 Å². The average molecular weight is 283 g/mol. The normalized spacial score (nSPS) is 26.8. The zero-order chi connectivity index (χ0) is 14.2. The van der Waals surface area contributed by atoms with Crippen molar-refractivity contribution in [3.63, 3.8) is 0 Å². The summed E-state index contributed by atoms with van der Waals surface area (Å²) in [5, 5.41) is 2.90. The van der Waals surface area contributed by atoms with E-state index in [1.807, 2.05) is 0 Å². The lowest BCUT2D eigenvalue weighted by Crippen LogP contribution is -2.28. The molecule has 1 aromatic carbocycles. The van der Waals surface area contributed by atoms with E-state index in [0.29, 0.717) is 6.61 Å². The number of carbonyl (C=O) groups excluding carboxylic acids is 1. The van der Waals surface area contributed by atoms with Gasteiger partial charge in [-0.2, -0.15) is 0 Å². The first-order chi connectivity index (χ1) is 10.3. The fraction of sp³-hybridized carbons (Fsp3) is 0.353. The van der Waals surface area contributed by atoms with Gasteiger partial charge in [0.25, 0.3) is 6.41 Å². The van der Waals surface area contributed by atoms with Crippen LogP contribution in [0.2, 0.25) is 0 Å². The van der Waals surface area contributed by atoms with E-state index in [0.717, 1.165) is 12.8 Å². The first-order valence-corrected chi connectivity index (χ1v) is 7.36. The number of allylic oxidation sites excluding steroid dienone is 3. The molecular formula is C17H17NO3. The predicted octanol–water partition coefficient (Wildman–Crippen LogP) is 2.33. The van der Waals surface area contributed by atoms with E-state index in [1.165, 1.54) is 22.3 Å². The molecule has 108 valence electrons. The van der Waals surface area contributed by atoms with Crippen LogP contribution in [0.25, 0.3) is 5.57 Å². The zero-order valence-corrected chi connectivity index (χ0v) is 11.7. The van der Waals surface area contributed by atoms with Gasteiger partial charge in [-0.25, -0.2) is 5.32 Å². The molecule has 4 heteroatoms. The summed E-state index contributed by atoms with van der Waals surface area (Å²) < 4.78 is 10.8. The number of benzene rings is 1. The Morgan fingerprint density at radius 2 is 2.24 bits per heavy atom. The van der Waals surface area contributed by atoms with Crippen molar-refractivity contribution in [2.75, 3.05) is 13.2 Å². The molecule has 1 N–H and O–H groups in total. The Morgan fingerprint density at radius 3 is 3.10 bits per heavy atom. The fourth-order valence-corrected chi connectivity index (χ4v) is 3.38. The molecule has 0 aromatic heterocycles. The molecule has 1 aliphatic heterocycles. The Morgan fingerprint density at radius 1 is 1.33 bits per heavy atom. The van der Waals surface area contributed by atoms with Crippen LogP contribution in [0.4, 0.5) is 0 Å². The number of esters is 1. The summed E-state index contributed by atoms with van der Waals surface area (Å²) >= 11 is 0. The third-order valence-corrected chi connectivity index (χ3v) is 4.32. The van der Waals surface area contributed by atoms with Crippen LogP contribution in [0.1, 0.15) is 29.9 Å². The average Bonchev–Trinajstić information content (AvgIpc) is 3.07. The third kappa shape index (κ3) is 2.20. The maximum absolute atomic E-state index is 11.1. The first-order valence-electron chi connectivity index (χ1n) is 7.36. The van der Waals surface area contributed by atoms with Gasteiger partial charge in [0, 0.05) is 5.92 Å². The van der Waals surface area contributed by atoms with Crippen LogP contribution in [-0.4, -0.2) is 25.5 Å². The Hall–Kier alpha value is -1.91. The number of nitrogens with one attached hydrogen (secondary N) is 1. The van der Waals surface area contributed by atoms with Gasteiger partial charge in [0.1, 0.15) is 0 Å². The number of fused-ring (bicyclic) bond motifs is 2. The number of rotatable bonds is 3. The lowest BCUT2D eigenvalue weighted by molar-refractivity contribution is -0.165. The van der Waals surface area contributed by atoms with Crippen LogP contribution in [0.15, 0.2) is 42.0 Å². The highest BCUT2D eigenvalue weighted by Gasteiger charge is 2.32. The van der Waals surface area contributed by atoms with Gasteiger partial charge in [-0.3, -0.25) is 4.79 Å². The highest BCUT2D eigenvalue weighted by Crippen LogP contribution is 2.46. The molecule has 0 amide bonds. The molecule has 2 unspecified atom stereocenters. The summed E-state index contributed by atoms with van der Waals surface area (Å²) in [6.45, 7) is 0.761. The largest absolute Gasteiger partial charge is 0.421 e. The summed E-state index contributed by atoms with van der Waals surface area (Å²) in [6.07, 6.45) is 6.02. The monoisotopic (exact) mass is 283 g/mol. The van der Waals surface area contributed by atoms with Crippen LogP contribution >= 0.6 is 0 Å². The maximum atomic E-state index is 11.1. The van der Waals surface area contributed by atoms with Gasteiger partial charge in [0.15, 0.2) is 0 Å². The molecule has 1 saturated heterocycles. The van der Waals surface area contributed by atoms with Crippen molar-refractivity contribution in [1.82, 2.24) is 5.32 Å². The molecule has 2 atom stereocenters. The smallest absolute Gasteiger partial charge is 0.323 e. The van der Waals surface area contributed by atoms with Crippen molar-refractivity contribution < 1.29 is 14.3 Å². The highest BCUT2D eigenvalue weighted by atomic mass is 16.7. The second kappa shape index (κ2) is 5.13. The van der Waals surface area contributed by atoms with Crippen LogP contribution in [-0.2, 0) is 14.3 Å². The quantitative estimate of drug-likeness (QED) is 0.865. The van der Waals surface area contributed by atoms with Gasteiger partial charge in [-0.15, -0.1) is 0 Å². The Balaban J connectivity index is 1.57. The Kier molecular flexibility index (Phi) is 3.13. The number of ether oxygens (including phenoxy) is 2.